The van der Waals surface area contributed by atoms with Gasteiger partial charge >= 0.3 is 6.03 Å². The molecule has 31 heavy (non-hydrogen) atoms. The second-order valence-electron chi connectivity index (χ2n) is 6.89. The van der Waals surface area contributed by atoms with E-state index in [4.69, 9.17) is 23.2 Å². The molecule has 10 heteroatoms. The molecule has 0 bridgehead atoms. The monoisotopic (exact) mass is 480 g/mol. The molecule has 1 heterocycles. The van der Waals surface area contributed by atoms with Crippen molar-refractivity contribution in [1.29, 1.82) is 0 Å². The molecule has 0 saturated heterocycles. The van der Waals surface area contributed by atoms with E-state index in [2.05, 4.69) is 16.0 Å². The number of anilines is 2. The zero-order chi connectivity index (χ0) is 22.4. The van der Waals surface area contributed by atoms with Gasteiger partial charge < -0.3 is 16.0 Å². The average molecular weight is 481 g/mol. The van der Waals surface area contributed by atoms with Gasteiger partial charge in [-0.15, -0.1) is 0 Å². The van der Waals surface area contributed by atoms with E-state index in [0.717, 1.165) is 5.56 Å². The third-order valence-electron chi connectivity index (χ3n) is 4.71. The fourth-order valence-electron chi connectivity index (χ4n) is 3.12. The number of fused-ring (bicyclic) bond motifs is 1. The number of thioether (sulfide) groups is 1. The quantitative estimate of drug-likeness (QED) is 0.560. The number of nitrogens with one attached hydrogen (secondary N) is 3. The number of hydrogen-bond donors (Lipinski definition) is 3. The molecule has 7 nitrogen and oxygen atoms in total. The van der Waals surface area contributed by atoms with Crippen LogP contribution in [-0.2, 0) is 16.1 Å². The molecule has 3 N–H and O–H groups in total. The summed E-state index contributed by atoms with van der Waals surface area (Å²) in [6.07, 6.45) is 2.37. The molecule has 0 spiro atoms. The molecule has 0 saturated carbocycles. The number of halogens is 2. The summed E-state index contributed by atoms with van der Waals surface area (Å²) in [4.78, 5) is 39.1. The highest BCUT2D eigenvalue weighted by Gasteiger charge is 2.29. The molecule has 1 atom stereocenters. The maximum atomic E-state index is 13.0. The Morgan fingerprint density at radius 3 is 2.74 bits per heavy atom. The standard InChI is InChI=1S/C21H22Cl2N4O3S/c1-31-9-8-17(20(29)24-11-13-6-7-14(22)10-15(13)23)26-21(30)27-12-19(28)25-16-4-2-3-5-18(16)27/h2-7,10,17H,8-9,11-12H2,1H3,(H,24,29)(H,25,28)(H,26,30). The lowest BCUT2D eigenvalue weighted by molar-refractivity contribution is -0.123. The lowest BCUT2D eigenvalue weighted by Gasteiger charge is -2.30. The number of para-hydroxylation sites is 2. The molecule has 1 aliphatic heterocycles. The van der Waals surface area contributed by atoms with Crippen LogP contribution >= 0.6 is 35.0 Å². The van der Waals surface area contributed by atoms with Crippen molar-refractivity contribution in [1.82, 2.24) is 10.6 Å². The van der Waals surface area contributed by atoms with E-state index in [-0.39, 0.29) is 24.9 Å². The van der Waals surface area contributed by atoms with Gasteiger partial charge in [-0.25, -0.2) is 4.79 Å². The van der Waals surface area contributed by atoms with Crippen molar-refractivity contribution in [3.8, 4) is 0 Å². The molecule has 2 aromatic rings. The van der Waals surface area contributed by atoms with Crippen LogP contribution in [0.2, 0.25) is 10.0 Å². The third-order valence-corrected chi connectivity index (χ3v) is 5.94. The minimum absolute atomic E-state index is 0.125. The first-order chi connectivity index (χ1) is 14.9. The van der Waals surface area contributed by atoms with Crippen LogP contribution in [0.4, 0.5) is 16.2 Å². The van der Waals surface area contributed by atoms with Crippen LogP contribution in [-0.4, -0.2) is 42.4 Å². The molecule has 3 rings (SSSR count). The number of urea groups is 1. The first kappa shape index (κ1) is 23.2. The van der Waals surface area contributed by atoms with Crippen molar-refractivity contribution >= 4 is 64.2 Å². The van der Waals surface area contributed by atoms with Gasteiger partial charge in [0.15, 0.2) is 0 Å². The number of benzene rings is 2. The molecular weight excluding hydrogens is 459 g/mol. The molecule has 1 unspecified atom stereocenters. The van der Waals surface area contributed by atoms with Crippen molar-refractivity contribution in [3.63, 3.8) is 0 Å². The zero-order valence-electron chi connectivity index (χ0n) is 16.8. The lowest BCUT2D eigenvalue weighted by atomic mass is 10.1. The van der Waals surface area contributed by atoms with Crippen LogP contribution in [0.5, 0.6) is 0 Å². The Hall–Kier alpha value is -2.42. The molecule has 164 valence electrons. The van der Waals surface area contributed by atoms with E-state index in [0.29, 0.717) is 33.6 Å². The Morgan fingerprint density at radius 1 is 1.23 bits per heavy atom. The van der Waals surface area contributed by atoms with Gasteiger partial charge in [-0.3, -0.25) is 14.5 Å². The van der Waals surface area contributed by atoms with Crippen LogP contribution in [0.1, 0.15) is 12.0 Å². The van der Waals surface area contributed by atoms with Crippen LogP contribution in [0.15, 0.2) is 42.5 Å². The third kappa shape index (κ3) is 6.06. The van der Waals surface area contributed by atoms with Crippen molar-refractivity contribution in [2.45, 2.75) is 19.0 Å². The highest BCUT2D eigenvalue weighted by atomic mass is 35.5. The second-order valence-corrected chi connectivity index (χ2v) is 8.72. The predicted molar refractivity (Wildman–Crippen MR) is 126 cm³/mol. The fourth-order valence-corrected chi connectivity index (χ4v) is 4.06. The molecule has 2 aromatic carbocycles. The summed E-state index contributed by atoms with van der Waals surface area (Å²) in [6, 6.07) is 10.8. The van der Waals surface area contributed by atoms with Crippen molar-refractivity contribution < 1.29 is 14.4 Å². The van der Waals surface area contributed by atoms with Gasteiger partial charge in [0.1, 0.15) is 12.6 Å². The summed E-state index contributed by atoms with van der Waals surface area (Å²) >= 11 is 13.7. The van der Waals surface area contributed by atoms with Gasteiger partial charge in [0.05, 0.1) is 11.4 Å². The van der Waals surface area contributed by atoms with E-state index in [1.54, 1.807) is 54.2 Å². The average Bonchev–Trinajstić information content (AvgIpc) is 2.75. The van der Waals surface area contributed by atoms with E-state index >= 15 is 0 Å². The first-order valence-electron chi connectivity index (χ1n) is 9.56. The Bertz CT molecular complexity index is 989. The SMILES string of the molecule is CSCCC(NC(=O)N1CC(=O)Nc2ccccc21)C(=O)NCc1ccc(Cl)cc1Cl. The number of rotatable bonds is 7. The van der Waals surface area contributed by atoms with Crippen LogP contribution in [0, 0.1) is 0 Å². The molecule has 0 fully saturated rings. The Balaban J connectivity index is 1.69. The number of amides is 4. The van der Waals surface area contributed by atoms with Gasteiger partial charge in [0.25, 0.3) is 0 Å². The first-order valence-corrected chi connectivity index (χ1v) is 11.7. The molecule has 1 aliphatic rings. The summed E-state index contributed by atoms with van der Waals surface area (Å²) in [5.74, 6) is 0.0523. The zero-order valence-corrected chi connectivity index (χ0v) is 19.1. The summed E-state index contributed by atoms with van der Waals surface area (Å²) < 4.78 is 0. The number of nitrogens with zero attached hydrogens (tertiary/aromatic N) is 1. The Morgan fingerprint density at radius 2 is 2.00 bits per heavy atom. The predicted octanol–water partition coefficient (Wildman–Crippen LogP) is 3.90. The van der Waals surface area contributed by atoms with Crippen LogP contribution < -0.4 is 20.9 Å². The fraction of sp³-hybridized carbons (Fsp3) is 0.286. The van der Waals surface area contributed by atoms with Gasteiger partial charge in [0.2, 0.25) is 11.8 Å². The number of carbonyl (C=O) groups excluding carboxylic acids is 3. The highest BCUT2D eigenvalue weighted by molar-refractivity contribution is 7.98. The van der Waals surface area contributed by atoms with Crippen LogP contribution in [0.25, 0.3) is 0 Å². The summed E-state index contributed by atoms with van der Waals surface area (Å²) in [6.45, 7) is 0.0789. The summed E-state index contributed by atoms with van der Waals surface area (Å²) in [5, 5.41) is 9.29. The number of hydrogen-bond acceptors (Lipinski definition) is 4. The number of carbonyl (C=O) groups is 3. The minimum atomic E-state index is -0.761. The molecule has 0 aliphatic carbocycles. The lowest BCUT2D eigenvalue weighted by Crippen LogP contribution is -2.54. The molecule has 4 amide bonds. The highest BCUT2D eigenvalue weighted by Crippen LogP contribution is 2.29. The molecule has 0 aromatic heterocycles. The maximum Gasteiger partial charge on any atom is 0.323 e. The van der Waals surface area contributed by atoms with Gasteiger partial charge in [-0.1, -0.05) is 41.4 Å². The van der Waals surface area contributed by atoms with E-state index in [1.165, 1.54) is 4.90 Å². The molecule has 0 radical (unpaired) electrons. The second kappa shape index (κ2) is 10.7. The van der Waals surface area contributed by atoms with Crippen molar-refractivity contribution in [2.75, 3.05) is 28.8 Å². The Kier molecular flexibility index (Phi) is 8.06. The Labute approximate surface area is 194 Å². The largest absolute Gasteiger partial charge is 0.350 e. The summed E-state index contributed by atoms with van der Waals surface area (Å²) in [7, 11) is 0. The van der Waals surface area contributed by atoms with Crippen molar-refractivity contribution in [3.05, 3.63) is 58.1 Å². The summed E-state index contributed by atoms with van der Waals surface area (Å²) in [5.41, 5.74) is 1.85. The van der Waals surface area contributed by atoms with E-state index < -0.39 is 12.1 Å². The smallest absolute Gasteiger partial charge is 0.323 e. The van der Waals surface area contributed by atoms with Gasteiger partial charge in [-0.05, 0) is 48.3 Å². The molecular formula is C21H22Cl2N4O3S. The normalized spacial score (nSPS) is 13.8. The topological polar surface area (TPSA) is 90.5 Å². The van der Waals surface area contributed by atoms with Gasteiger partial charge in [0, 0.05) is 16.6 Å². The minimum Gasteiger partial charge on any atom is -0.350 e. The van der Waals surface area contributed by atoms with Crippen molar-refractivity contribution in [2.24, 2.45) is 0 Å². The maximum absolute atomic E-state index is 13.0. The van der Waals surface area contributed by atoms with Crippen LogP contribution in [0.3, 0.4) is 0 Å². The van der Waals surface area contributed by atoms with E-state index in [1.807, 2.05) is 6.26 Å². The van der Waals surface area contributed by atoms with Gasteiger partial charge in [-0.2, -0.15) is 11.8 Å². The van der Waals surface area contributed by atoms with E-state index in [9.17, 15) is 14.4 Å².